The van der Waals surface area contributed by atoms with E-state index in [2.05, 4.69) is 21.7 Å². The predicted octanol–water partition coefficient (Wildman–Crippen LogP) is 5.51. The summed E-state index contributed by atoms with van der Waals surface area (Å²) in [5.74, 6) is 0.852. The standard InChI is InChI=1S/C35H45ClN4O7S/c1-40(19-6-5-16-38-34(41)39-18-20-45-22-21-44-2)48(42,43)28-11-12-32(36)26(23-28)25-46-35(14-15-35)31-24-37-17-13-29(31)30-7-3-4-8-33(30)47-27-9-10-27/h3-4,7-8,11-13,17,23-24,27H,5-6,9-10,14-16,18-22,25H2,1-2H3,(H2,38,39,41). The van der Waals surface area contributed by atoms with E-state index in [1.807, 2.05) is 30.5 Å². The second-order valence-electron chi connectivity index (χ2n) is 12.1. The first-order valence-corrected chi connectivity index (χ1v) is 18.2. The molecule has 0 bridgehead atoms. The minimum Gasteiger partial charge on any atom is -0.490 e. The van der Waals surface area contributed by atoms with Crippen LogP contribution in [-0.4, -0.2) is 83.5 Å². The molecule has 0 atom stereocenters. The molecule has 1 heterocycles. The number of aromatic nitrogens is 1. The number of sulfonamides is 1. The number of carbonyl (C=O) groups excluding carboxylic acids is 1. The van der Waals surface area contributed by atoms with E-state index in [1.165, 1.54) is 10.4 Å². The van der Waals surface area contributed by atoms with Crippen molar-refractivity contribution in [1.29, 1.82) is 0 Å². The van der Waals surface area contributed by atoms with Crippen molar-refractivity contribution in [2.45, 2.75) is 61.7 Å². The van der Waals surface area contributed by atoms with E-state index in [4.69, 9.17) is 30.5 Å². The first-order valence-electron chi connectivity index (χ1n) is 16.4. The predicted molar refractivity (Wildman–Crippen MR) is 184 cm³/mol. The zero-order chi connectivity index (χ0) is 34.0. The number of rotatable bonds is 20. The van der Waals surface area contributed by atoms with E-state index < -0.39 is 15.6 Å². The highest BCUT2D eigenvalue weighted by Gasteiger charge is 2.48. The Kier molecular flexibility index (Phi) is 12.7. The molecule has 5 rings (SSSR count). The molecular formula is C35H45ClN4O7S. The second-order valence-corrected chi connectivity index (χ2v) is 14.5. The van der Waals surface area contributed by atoms with Crippen molar-refractivity contribution in [3.8, 4) is 16.9 Å². The van der Waals surface area contributed by atoms with E-state index in [9.17, 15) is 13.2 Å². The first-order chi connectivity index (χ1) is 23.2. The van der Waals surface area contributed by atoms with Crippen molar-refractivity contribution < 1.29 is 32.2 Å². The third kappa shape index (κ3) is 9.67. The van der Waals surface area contributed by atoms with Crippen LogP contribution in [0.2, 0.25) is 5.02 Å². The SMILES string of the molecule is COCCOCCNC(=O)NCCCCN(C)S(=O)(=O)c1ccc(Cl)c(COC2(c3cnccc3-c3ccccc3OC3CC3)CC2)c1. The van der Waals surface area contributed by atoms with Crippen LogP contribution in [-0.2, 0) is 36.4 Å². The highest BCUT2D eigenvalue weighted by atomic mass is 35.5. The van der Waals surface area contributed by atoms with Gasteiger partial charge in [0, 0.05) is 62.3 Å². The maximum Gasteiger partial charge on any atom is 0.314 e. The zero-order valence-corrected chi connectivity index (χ0v) is 29.2. The highest BCUT2D eigenvalue weighted by Crippen LogP contribution is 2.53. The van der Waals surface area contributed by atoms with Crippen molar-refractivity contribution in [3.63, 3.8) is 0 Å². The van der Waals surface area contributed by atoms with Gasteiger partial charge in [-0.25, -0.2) is 17.5 Å². The van der Waals surface area contributed by atoms with E-state index in [-0.39, 0.29) is 23.6 Å². The number of para-hydroxylation sites is 1. The summed E-state index contributed by atoms with van der Waals surface area (Å²) in [4.78, 5) is 16.5. The number of carbonyl (C=O) groups is 1. The summed E-state index contributed by atoms with van der Waals surface area (Å²) in [5.41, 5.74) is 3.05. The molecule has 260 valence electrons. The van der Waals surface area contributed by atoms with Crippen LogP contribution in [0.3, 0.4) is 0 Å². The van der Waals surface area contributed by atoms with Gasteiger partial charge in [0.05, 0.1) is 43.0 Å². The molecule has 2 amide bonds. The molecule has 0 unspecified atom stereocenters. The smallest absolute Gasteiger partial charge is 0.314 e. The van der Waals surface area contributed by atoms with Gasteiger partial charge in [-0.3, -0.25) is 4.98 Å². The first kappa shape index (κ1) is 36.0. The lowest BCUT2D eigenvalue weighted by molar-refractivity contribution is 0.0173. The number of methoxy groups -OCH3 is 1. The summed E-state index contributed by atoms with van der Waals surface area (Å²) in [5, 5.41) is 5.93. The van der Waals surface area contributed by atoms with E-state index >= 15 is 0 Å². The van der Waals surface area contributed by atoms with Crippen molar-refractivity contribution in [2.24, 2.45) is 0 Å². The van der Waals surface area contributed by atoms with Gasteiger partial charge >= 0.3 is 6.03 Å². The molecule has 2 N–H and O–H groups in total. The Bertz CT molecular complexity index is 1630. The number of urea groups is 1. The van der Waals surface area contributed by atoms with Crippen molar-refractivity contribution in [3.05, 3.63) is 77.1 Å². The second kappa shape index (κ2) is 16.9. The molecule has 2 saturated carbocycles. The van der Waals surface area contributed by atoms with Crippen LogP contribution in [0.5, 0.6) is 5.75 Å². The molecule has 1 aromatic heterocycles. The number of nitrogens with zero attached hydrogens (tertiary/aromatic N) is 2. The summed E-state index contributed by atoms with van der Waals surface area (Å²) >= 11 is 6.56. The lowest BCUT2D eigenvalue weighted by Crippen LogP contribution is -2.38. The fourth-order valence-corrected chi connectivity index (χ4v) is 6.73. The molecule has 48 heavy (non-hydrogen) atoms. The van der Waals surface area contributed by atoms with E-state index in [0.29, 0.717) is 62.9 Å². The van der Waals surface area contributed by atoms with Crippen molar-refractivity contribution in [1.82, 2.24) is 19.9 Å². The Morgan fingerprint density at radius 2 is 1.81 bits per heavy atom. The minimum absolute atomic E-state index is 0.146. The van der Waals surface area contributed by atoms with Gasteiger partial charge < -0.3 is 29.6 Å². The van der Waals surface area contributed by atoms with Gasteiger partial charge in [0.2, 0.25) is 10.0 Å². The van der Waals surface area contributed by atoms with Crippen LogP contribution in [0, 0.1) is 0 Å². The third-order valence-corrected chi connectivity index (χ3v) is 10.6. The summed E-state index contributed by atoms with van der Waals surface area (Å²) in [6, 6.07) is 14.5. The Balaban J connectivity index is 1.14. The number of unbranched alkanes of at least 4 members (excludes halogenated alkanes) is 1. The molecule has 0 radical (unpaired) electrons. The Labute approximate surface area is 288 Å². The van der Waals surface area contributed by atoms with Crippen LogP contribution in [0.1, 0.15) is 49.7 Å². The number of hydrogen-bond acceptors (Lipinski definition) is 8. The van der Waals surface area contributed by atoms with Gasteiger partial charge in [-0.1, -0.05) is 29.8 Å². The molecular weight excluding hydrogens is 656 g/mol. The number of amides is 2. The zero-order valence-electron chi connectivity index (χ0n) is 27.6. The Morgan fingerprint density at radius 3 is 2.58 bits per heavy atom. The summed E-state index contributed by atoms with van der Waals surface area (Å²) in [7, 11) is -0.620. The molecule has 13 heteroatoms. The molecule has 0 spiro atoms. The van der Waals surface area contributed by atoms with Gasteiger partial charge in [0.15, 0.2) is 0 Å². The van der Waals surface area contributed by atoms with Crippen LogP contribution in [0.4, 0.5) is 4.79 Å². The van der Waals surface area contributed by atoms with E-state index in [1.54, 1.807) is 32.5 Å². The summed E-state index contributed by atoms with van der Waals surface area (Å²) in [6.07, 6.45) is 8.87. The van der Waals surface area contributed by atoms with Gasteiger partial charge in [-0.05, 0) is 80.0 Å². The molecule has 2 aliphatic rings. The maximum atomic E-state index is 13.5. The average molecular weight is 701 g/mol. The largest absolute Gasteiger partial charge is 0.490 e. The average Bonchev–Trinajstić information content (AvgIpc) is 4.03. The molecule has 11 nitrogen and oxygen atoms in total. The lowest BCUT2D eigenvalue weighted by Gasteiger charge is -2.22. The molecule has 2 aliphatic carbocycles. The van der Waals surface area contributed by atoms with Crippen molar-refractivity contribution >= 4 is 27.7 Å². The Morgan fingerprint density at radius 1 is 1.02 bits per heavy atom. The number of hydrogen-bond donors (Lipinski definition) is 2. The minimum atomic E-state index is -3.77. The van der Waals surface area contributed by atoms with Gasteiger partial charge in [0.1, 0.15) is 5.75 Å². The highest BCUT2D eigenvalue weighted by molar-refractivity contribution is 7.89. The fourth-order valence-electron chi connectivity index (χ4n) is 5.30. The van der Waals surface area contributed by atoms with E-state index in [0.717, 1.165) is 48.1 Å². The number of ether oxygens (including phenoxy) is 4. The van der Waals surface area contributed by atoms with Crippen LogP contribution < -0.4 is 15.4 Å². The third-order valence-electron chi connectivity index (χ3n) is 8.39. The summed E-state index contributed by atoms with van der Waals surface area (Å²) in [6.45, 7) is 2.63. The maximum absolute atomic E-state index is 13.5. The number of pyridine rings is 1. The molecule has 2 fully saturated rings. The van der Waals surface area contributed by atoms with Gasteiger partial charge in [-0.2, -0.15) is 0 Å². The van der Waals surface area contributed by atoms with Crippen LogP contribution in [0.15, 0.2) is 65.8 Å². The monoisotopic (exact) mass is 700 g/mol. The fraction of sp³-hybridized carbons (Fsp3) is 0.486. The molecule has 0 saturated heterocycles. The quantitative estimate of drug-likeness (QED) is 0.148. The van der Waals surface area contributed by atoms with Gasteiger partial charge in [0.25, 0.3) is 0 Å². The van der Waals surface area contributed by atoms with Crippen molar-refractivity contribution in [2.75, 3.05) is 53.6 Å². The number of nitrogens with one attached hydrogen (secondary N) is 2. The Hall–Kier alpha value is -3.26. The molecule has 3 aromatic rings. The topological polar surface area (TPSA) is 128 Å². The lowest BCUT2D eigenvalue weighted by atomic mass is 9.96. The number of halogens is 1. The normalized spacial score (nSPS) is 15.3. The number of benzene rings is 2. The summed E-state index contributed by atoms with van der Waals surface area (Å²) < 4.78 is 51.2. The van der Waals surface area contributed by atoms with Gasteiger partial charge in [-0.15, -0.1) is 0 Å². The van der Waals surface area contributed by atoms with Crippen LogP contribution in [0.25, 0.3) is 11.1 Å². The van der Waals surface area contributed by atoms with Crippen LogP contribution >= 0.6 is 11.6 Å². The molecule has 0 aliphatic heterocycles. The molecule has 2 aromatic carbocycles.